The standard InChI is InChI=1S/C21H25N3OS2/c1-13-4-2-3-5-17(13)22-19-23-24-20(27-19)26-12-18(25)21-9-14-6-15(10-21)8-16(7-14)11-21/h2-5,14-16H,6-12H2,1H3,(H,22,23). The first-order chi connectivity index (χ1) is 13.1. The van der Waals surface area contributed by atoms with E-state index in [9.17, 15) is 4.79 Å². The molecular formula is C21H25N3OS2. The summed E-state index contributed by atoms with van der Waals surface area (Å²) in [6.45, 7) is 2.07. The van der Waals surface area contributed by atoms with E-state index in [0.29, 0.717) is 11.5 Å². The molecule has 4 aliphatic carbocycles. The maximum Gasteiger partial charge on any atom is 0.210 e. The van der Waals surface area contributed by atoms with Crippen LogP contribution >= 0.6 is 23.1 Å². The van der Waals surface area contributed by atoms with Crippen LogP contribution in [-0.4, -0.2) is 21.7 Å². The van der Waals surface area contributed by atoms with Gasteiger partial charge in [-0.2, -0.15) is 0 Å². The highest BCUT2D eigenvalue weighted by atomic mass is 32.2. The first-order valence-electron chi connectivity index (χ1n) is 9.92. The van der Waals surface area contributed by atoms with E-state index in [4.69, 9.17) is 0 Å². The number of nitrogens with one attached hydrogen (secondary N) is 1. The van der Waals surface area contributed by atoms with E-state index < -0.39 is 0 Å². The second-order valence-electron chi connectivity index (χ2n) is 8.72. The Bertz CT molecular complexity index is 827. The predicted molar refractivity (Wildman–Crippen MR) is 111 cm³/mol. The molecule has 0 atom stereocenters. The lowest BCUT2D eigenvalue weighted by Gasteiger charge is -2.56. The molecule has 4 nitrogen and oxygen atoms in total. The van der Waals surface area contributed by atoms with Crippen molar-refractivity contribution in [3.8, 4) is 0 Å². The molecule has 4 bridgehead atoms. The van der Waals surface area contributed by atoms with Crippen LogP contribution in [0.1, 0.15) is 44.1 Å². The van der Waals surface area contributed by atoms with Gasteiger partial charge >= 0.3 is 0 Å². The third-order valence-corrected chi connectivity index (χ3v) is 8.72. The number of carbonyl (C=O) groups is 1. The molecular weight excluding hydrogens is 374 g/mol. The van der Waals surface area contributed by atoms with Gasteiger partial charge in [0.15, 0.2) is 4.34 Å². The van der Waals surface area contributed by atoms with Crippen molar-refractivity contribution < 1.29 is 4.79 Å². The van der Waals surface area contributed by atoms with E-state index in [-0.39, 0.29) is 5.41 Å². The van der Waals surface area contributed by atoms with Gasteiger partial charge in [-0.25, -0.2) is 0 Å². The summed E-state index contributed by atoms with van der Waals surface area (Å²) in [6, 6.07) is 8.15. The summed E-state index contributed by atoms with van der Waals surface area (Å²) in [5, 5.41) is 12.6. The highest BCUT2D eigenvalue weighted by Crippen LogP contribution is 2.60. The number of hydrogen-bond acceptors (Lipinski definition) is 6. The van der Waals surface area contributed by atoms with Crippen LogP contribution < -0.4 is 5.32 Å². The molecule has 27 heavy (non-hydrogen) atoms. The fourth-order valence-corrected chi connectivity index (χ4v) is 7.68. The zero-order chi connectivity index (χ0) is 18.4. The summed E-state index contributed by atoms with van der Waals surface area (Å²) in [5.41, 5.74) is 2.23. The van der Waals surface area contributed by atoms with E-state index in [1.165, 1.54) is 36.2 Å². The molecule has 142 valence electrons. The molecule has 0 saturated heterocycles. The number of aryl methyl sites for hydroxylation is 1. The highest BCUT2D eigenvalue weighted by molar-refractivity contribution is 8.01. The molecule has 2 aromatic rings. The summed E-state index contributed by atoms with van der Waals surface area (Å²) in [4.78, 5) is 13.1. The molecule has 0 unspecified atom stereocenters. The number of aromatic nitrogens is 2. The maximum atomic E-state index is 13.1. The molecule has 0 spiro atoms. The molecule has 4 aliphatic rings. The topological polar surface area (TPSA) is 54.9 Å². The van der Waals surface area contributed by atoms with Crippen LogP contribution in [0.25, 0.3) is 0 Å². The van der Waals surface area contributed by atoms with Crippen LogP contribution in [0.15, 0.2) is 28.6 Å². The molecule has 0 radical (unpaired) electrons. The van der Waals surface area contributed by atoms with Crippen molar-refractivity contribution >= 4 is 39.7 Å². The number of Topliss-reactive ketones (excluding diaryl/α,β-unsaturated/α-hetero) is 1. The zero-order valence-electron chi connectivity index (χ0n) is 15.6. The molecule has 0 aliphatic heterocycles. The number of carbonyl (C=O) groups excluding carboxylic acids is 1. The number of anilines is 2. The number of rotatable bonds is 6. The monoisotopic (exact) mass is 399 g/mol. The van der Waals surface area contributed by atoms with Gasteiger partial charge in [-0.15, -0.1) is 10.2 Å². The first-order valence-corrected chi connectivity index (χ1v) is 11.7. The van der Waals surface area contributed by atoms with Gasteiger partial charge in [-0.1, -0.05) is 41.3 Å². The number of hydrogen-bond donors (Lipinski definition) is 1. The molecule has 1 aromatic heterocycles. The van der Waals surface area contributed by atoms with Crippen molar-refractivity contribution in [2.45, 2.75) is 49.8 Å². The Morgan fingerprint density at radius 3 is 2.48 bits per heavy atom. The maximum absolute atomic E-state index is 13.1. The smallest absolute Gasteiger partial charge is 0.210 e. The average molecular weight is 400 g/mol. The van der Waals surface area contributed by atoms with Crippen LogP contribution in [-0.2, 0) is 4.79 Å². The van der Waals surface area contributed by atoms with Crippen LogP contribution in [0.4, 0.5) is 10.8 Å². The van der Waals surface area contributed by atoms with E-state index in [1.54, 1.807) is 11.8 Å². The minimum Gasteiger partial charge on any atom is -0.330 e. The summed E-state index contributed by atoms with van der Waals surface area (Å²) < 4.78 is 0.879. The SMILES string of the molecule is Cc1ccccc1Nc1nnc(SCC(=O)C23CC4CC(CC(C4)C2)C3)s1. The molecule has 1 N–H and O–H groups in total. The quantitative estimate of drug-likeness (QED) is 0.653. The number of thioether (sulfide) groups is 1. The van der Waals surface area contributed by atoms with E-state index in [2.05, 4.69) is 28.5 Å². The first kappa shape index (κ1) is 17.7. The fraction of sp³-hybridized carbons (Fsp3) is 0.571. The largest absolute Gasteiger partial charge is 0.330 e. The van der Waals surface area contributed by atoms with Crippen LogP contribution in [0.3, 0.4) is 0 Å². The Kier molecular flexibility index (Phi) is 4.51. The number of benzene rings is 1. The Labute approximate surface area is 168 Å². The summed E-state index contributed by atoms with van der Waals surface area (Å²) >= 11 is 3.10. The highest BCUT2D eigenvalue weighted by Gasteiger charge is 2.54. The molecule has 1 aromatic carbocycles. The van der Waals surface area contributed by atoms with E-state index >= 15 is 0 Å². The van der Waals surface area contributed by atoms with Gasteiger partial charge in [-0.3, -0.25) is 4.79 Å². The number of ketones is 1. The van der Waals surface area contributed by atoms with Gasteiger partial charge in [-0.05, 0) is 74.8 Å². The molecule has 6 heteroatoms. The van der Waals surface area contributed by atoms with Gasteiger partial charge < -0.3 is 5.32 Å². The Morgan fingerprint density at radius 2 is 1.81 bits per heavy atom. The van der Waals surface area contributed by atoms with Crippen molar-refractivity contribution in [1.29, 1.82) is 0 Å². The Hall–Kier alpha value is -1.40. The van der Waals surface area contributed by atoms with Crippen molar-refractivity contribution in [3.05, 3.63) is 29.8 Å². The molecule has 0 amide bonds. The second kappa shape index (κ2) is 6.89. The van der Waals surface area contributed by atoms with Gasteiger partial charge in [0.05, 0.1) is 5.75 Å². The molecule has 6 rings (SSSR count). The predicted octanol–water partition coefficient (Wildman–Crippen LogP) is 5.47. The zero-order valence-corrected chi connectivity index (χ0v) is 17.2. The molecule has 1 heterocycles. The van der Waals surface area contributed by atoms with E-state index in [1.807, 2.05) is 18.2 Å². The van der Waals surface area contributed by atoms with Gasteiger partial charge in [0.2, 0.25) is 5.13 Å². The Balaban J connectivity index is 1.22. The molecule has 4 fully saturated rings. The third kappa shape index (κ3) is 3.42. The lowest BCUT2D eigenvalue weighted by atomic mass is 9.48. The lowest BCUT2D eigenvalue weighted by molar-refractivity contribution is -0.141. The third-order valence-electron chi connectivity index (χ3n) is 6.75. The minimum absolute atomic E-state index is 0.00529. The average Bonchev–Trinajstić information content (AvgIpc) is 3.08. The molecule has 4 saturated carbocycles. The summed E-state index contributed by atoms with van der Waals surface area (Å²) in [6.07, 6.45) is 7.58. The second-order valence-corrected chi connectivity index (χ2v) is 10.9. The van der Waals surface area contributed by atoms with Crippen molar-refractivity contribution in [3.63, 3.8) is 0 Å². The number of para-hydroxylation sites is 1. The Morgan fingerprint density at radius 1 is 1.15 bits per heavy atom. The van der Waals surface area contributed by atoms with Crippen molar-refractivity contribution in [2.75, 3.05) is 11.1 Å². The van der Waals surface area contributed by atoms with Gasteiger partial charge in [0, 0.05) is 11.1 Å². The van der Waals surface area contributed by atoms with Crippen LogP contribution in [0.5, 0.6) is 0 Å². The minimum atomic E-state index is -0.00529. The normalized spacial score (nSPS) is 31.2. The van der Waals surface area contributed by atoms with Crippen molar-refractivity contribution in [1.82, 2.24) is 10.2 Å². The van der Waals surface area contributed by atoms with Crippen LogP contribution in [0, 0.1) is 30.1 Å². The van der Waals surface area contributed by atoms with Gasteiger partial charge in [0.25, 0.3) is 0 Å². The lowest BCUT2D eigenvalue weighted by Crippen LogP contribution is -2.50. The summed E-state index contributed by atoms with van der Waals surface area (Å²) in [5.74, 6) is 3.46. The number of nitrogens with zero attached hydrogens (tertiary/aromatic N) is 2. The van der Waals surface area contributed by atoms with Crippen molar-refractivity contribution in [2.24, 2.45) is 23.2 Å². The summed E-state index contributed by atoms with van der Waals surface area (Å²) in [7, 11) is 0. The van der Waals surface area contributed by atoms with E-state index in [0.717, 1.165) is 52.2 Å². The van der Waals surface area contributed by atoms with Gasteiger partial charge in [0.1, 0.15) is 5.78 Å². The van der Waals surface area contributed by atoms with Crippen LogP contribution in [0.2, 0.25) is 0 Å². The fourth-order valence-electron chi connectivity index (χ4n) is 5.88.